The Bertz CT molecular complexity index is 320. The van der Waals surface area contributed by atoms with E-state index in [9.17, 15) is 15.0 Å². The van der Waals surface area contributed by atoms with Crippen molar-refractivity contribution in [2.45, 2.75) is 62.8 Å². The Kier molecular flexibility index (Phi) is 5.77. The third-order valence-corrected chi connectivity index (χ3v) is 4.57. The van der Waals surface area contributed by atoms with Gasteiger partial charge in [0.2, 0.25) is 5.91 Å². The van der Waals surface area contributed by atoms with E-state index in [-0.39, 0.29) is 19.1 Å². The first kappa shape index (κ1) is 15.7. The molecule has 1 aliphatic carbocycles. The molecule has 0 aromatic heterocycles. The standard InChI is InChI=1S/C14H26N2O4/c17-8-11-14(20)13(19)10(16-11)7-15-12(18)6-5-9-3-1-2-4-9/h9-11,13-14,16-17,19-20H,1-8H2,(H,15,18)/t10-,11-,13-,14+/m1/s1. The van der Waals surface area contributed by atoms with E-state index in [1.807, 2.05) is 0 Å². The van der Waals surface area contributed by atoms with Crippen molar-refractivity contribution in [3.8, 4) is 0 Å². The summed E-state index contributed by atoms with van der Waals surface area (Å²) in [6.07, 6.45) is 4.56. The van der Waals surface area contributed by atoms with E-state index in [0.717, 1.165) is 6.42 Å². The maximum Gasteiger partial charge on any atom is 0.220 e. The largest absolute Gasteiger partial charge is 0.395 e. The molecule has 6 heteroatoms. The summed E-state index contributed by atoms with van der Waals surface area (Å²) in [5.41, 5.74) is 0. The highest BCUT2D eigenvalue weighted by molar-refractivity contribution is 5.75. The Balaban J connectivity index is 1.65. The maximum absolute atomic E-state index is 11.8. The first-order valence-corrected chi connectivity index (χ1v) is 7.61. The molecular weight excluding hydrogens is 260 g/mol. The minimum atomic E-state index is -0.986. The summed E-state index contributed by atoms with van der Waals surface area (Å²) in [7, 11) is 0. The fourth-order valence-corrected chi connectivity index (χ4v) is 3.23. The Labute approximate surface area is 119 Å². The summed E-state index contributed by atoms with van der Waals surface area (Å²) in [5, 5.41) is 34.2. The normalized spacial score (nSPS) is 34.5. The van der Waals surface area contributed by atoms with Crippen LogP contribution >= 0.6 is 0 Å². The summed E-state index contributed by atoms with van der Waals surface area (Å²) in [4.78, 5) is 11.8. The van der Waals surface area contributed by atoms with Crippen LogP contribution in [0.15, 0.2) is 0 Å². The van der Waals surface area contributed by atoms with Crippen molar-refractivity contribution >= 4 is 5.91 Å². The summed E-state index contributed by atoms with van der Waals surface area (Å²) < 4.78 is 0. The number of nitrogens with one attached hydrogen (secondary N) is 2. The van der Waals surface area contributed by atoms with Gasteiger partial charge in [0.25, 0.3) is 0 Å². The van der Waals surface area contributed by atoms with Crippen LogP contribution in [0.1, 0.15) is 38.5 Å². The third kappa shape index (κ3) is 3.91. The number of hydrogen-bond donors (Lipinski definition) is 5. The molecule has 1 heterocycles. The molecule has 2 fully saturated rings. The number of aliphatic hydroxyl groups is 3. The van der Waals surface area contributed by atoms with Crippen molar-refractivity contribution in [2.24, 2.45) is 5.92 Å². The summed E-state index contributed by atoms with van der Waals surface area (Å²) >= 11 is 0. The smallest absolute Gasteiger partial charge is 0.220 e. The first-order valence-electron chi connectivity index (χ1n) is 7.61. The van der Waals surface area contributed by atoms with Crippen molar-refractivity contribution in [2.75, 3.05) is 13.2 Å². The molecule has 0 bridgehead atoms. The highest BCUT2D eigenvalue weighted by Crippen LogP contribution is 2.28. The molecule has 2 rings (SSSR count). The highest BCUT2D eigenvalue weighted by Gasteiger charge is 2.40. The Morgan fingerprint density at radius 1 is 1.15 bits per heavy atom. The van der Waals surface area contributed by atoms with Gasteiger partial charge in [-0.1, -0.05) is 25.7 Å². The number of aliphatic hydroxyl groups excluding tert-OH is 3. The van der Waals surface area contributed by atoms with Gasteiger partial charge in [0.05, 0.1) is 30.9 Å². The van der Waals surface area contributed by atoms with Gasteiger partial charge in [-0.2, -0.15) is 0 Å². The average Bonchev–Trinajstić information content (AvgIpc) is 3.05. The molecule has 0 radical (unpaired) electrons. The predicted octanol–water partition coefficient (Wildman–Crippen LogP) is -0.872. The van der Waals surface area contributed by atoms with Crippen molar-refractivity contribution in [3.63, 3.8) is 0 Å². The first-order chi connectivity index (χ1) is 9.61. The molecule has 1 saturated heterocycles. The molecule has 2 aliphatic rings. The maximum atomic E-state index is 11.8. The molecule has 1 saturated carbocycles. The second-order valence-corrected chi connectivity index (χ2v) is 6.04. The number of carbonyl (C=O) groups excluding carboxylic acids is 1. The SMILES string of the molecule is O=C(CCC1CCCC1)NC[C@H]1N[C@H](CO)[C@H](O)[C@@H]1O. The molecule has 4 atom stereocenters. The van der Waals surface area contributed by atoms with Crippen LogP contribution in [-0.4, -0.2) is 58.7 Å². The number of hydrogen-bond acceptors (Lipinski definition) is 5. The van der Waals surface area contributed by atoms with E-state index in [2.05, 4.69) is 10.6 Å². The van der Waals surface area contributed by atoms with Gasteiger partial charge in [-0.3, -0.25) is 4.79 Å². The number of carbonyl (C=O) groups is 1. The van der Waals surface area contributed by atoms with Gasteiger partial charge < -0.3 is 26.0 Å². The molecule has 6 nitrogen and oxygen atoms in total. The van der Waals surface area contributed by atoms with E-state index in [0.29, 0.717) is 12.3 Å². The minimum absolute atomic E-state index is 0.00663. The lowest BCUT2D eigenvalue weighted by molar-refractivity contribution is -0.121. The zero-order valence-electron chi connectivity index (χ0n) is 11.8. The van der Waals surface area contributed by atoms with Gasteiger partial charge in [-0.25, -0.2) is 0 Å². The number of rotatable bonds is 6. The molecule has 0 aromatic rings. The van der Waals surface area contributed by atoms with Crippen molar-refractivity contribution in [1.82, 2.24) is 10.6 Å². The predicted molar refractivity (Wildman–Crippen MR) is 74.0 cm³/mol. The fourth-order valence-electron chi connectivity index (χ4n) is 3.23. The monoisotopic (exact) mass is 286 g/mol. The Hall–Kier alpha value is -0.690. The second-order valence-electron chi connectivity index (χ2n) is 6.04. The van der Waals surface area contributed by atoms with Gasteiger partial charge >= 0.3 is 0 Å². The highest BCUT2D eigenvalue weighted by atomic mass is 16.3. The summed E-state index contributed by atoms with van der Waals surface area (Å²) in [5.74, 6) is 0.685. The molecular formula is C14H26N2O4. The second kappa shape index (κ2) is 7.36. The van der Waals surface area contributed by atoms with Crippen LogP contribution in [0, 0.1) is 5.92 Å². The molecule has 1 amide bonds. The van der Waals surface area contributed by atoms with Crippen LogP contribution in [0.25, 0.3) is 0 Å². The minimum Gasteiger partial charge on any atom is -0.395 e. The lowest BCUT2D eigenvalue weighted by Crippen LogP contribution is -2.44. The molecule has 0 unspecified atom stereocenters. The van der Waals surface area contributed by atoms with Gasteiger partial charge in [0, 0.05) is 13.0 Å². The van der Waals surface area contributed by atoms with Crippen LogP contribution in [0.4, 0.5) is 0 Å². The van der Waals surface area contributed by atoms with Crippen LogP contribution < -0.4 is 10.6 Å². The topological polar surface area (TPSA) is 102 Å². The van der Waals surface area contributed by atoms with E-state index in [4.69, 9.17) is 5.11 Å². The van der Waals surface area contributed by atoms with Crippen LogP contribution in [0.5, 0.6) is 0 Å². The molecule has 0 spiro atoms. The van der Waals surface area contributed by atoms with Gasteiger partial charge in [-0.15, -0.1) is 0 Å². The van der Waals surface area contributed by atoms with E-state index in [1.54, 1.807) is 0 Å². The van der Waals surface area contributed by atoms with Crippen LogP contribution in [0.2, 0.25) is 0 Å². The van der Waals surface area contributed by atoms with E-state index >= 15 is 0 Å². The summed E-state index contributed by atoms with van der Waals surface area (Å²) in [6.45, 7) is 0.0442. The van der Waals surface area contributed by atoms with E-state index < -0.39 is 24.3 Å². The molecule has 116 valence electrons. The Morgan fingerprint density at radius 2 is 1.80 bits per heavy atom. The zero-order chi connectivity index (χ0) is 14.5. The van der Waals surface area contributed by atoms with Crippen molar-refractivity contribution < 1.29 is 20.1 Å². The lowest BCUT2D eigenvalue weighted by atomic mass is 10.0. The lowest BCUT2D eigenvalue weighted by Gasteiger charge is -2.17. The van der Waals surface area contributed by atoms with Gasteiger partial charge in [0.1, 0.15) is 0 Å². The van der Waals surface area contributed by atoms with Gasteiger partial charge in [0.15, 0.2) is 0 Å². The molecule has 1 aliphatic heterocycles. The summed E-state index contributed by atoms with van der Waals surface area (Å²) in [6, 6.07) is -0.928. The number of amides is 1. The quantitative estimate of drug-likeness (QED) is 0.437. The van der Waals surface area contributed by atoms with Crippen molar-refractivity contribution in [1.29, 1.82) is 0 Å². The molecule has 0 aromatic carbocycles. The molecule has 20 heavy (non-hydrogen) atoms. The molecule has 5 N–H and O–H groups in total. The van der Waals surface area contributed by atoms with Crippen molar-refractivity contribution in [3.05, 3.63) is 0 Å². The average molecular weight is 286 g/mol. The van der Waals surface area contributed by atoms with Crippen LogP contribution in [0.3, 0.4) is 0 Å². The van der Waals surface area contributed by atoms with Gasteiger partial charge in [-0.05, 0) is 12.3 Å². The fraction of sp³-hybridized carbons (Fsp3) is 0.929. The van der Waals surface area contributed by atoms with E-state index in [1.165, 1.54) is 25.7 Å². The zero-order valence-corrected chi connectivity index (χ0v) is 11.8. The Morgan fingerprint density at radius 3 is 2.40 bits per heavy atom. The van der Waals surface area contributed by atoms with Crippen LogP contribution in [-0.2, 0) is 4.79 Å². The third-order valence-electron chi connectivity index (χ3n) is 4.57.